The zero-order valence-corrected chi connectivity index (χ0v) is 6.31. The molecule has 3 heteroatoms. The van der Waals surface area contributed by atoms with Gasteiger partial charge in [-0.25, -0.2) is 0 Å². The second kappa shape index (κ2) is 3.56. The smallest absolute Gasteiger partial charge is 0.216 e. The van der Waals surface area contributed by atoms with E-state index in [0.29, 0.717) is 5.92 Å². The highest BCUT2D eigenvalue weighted by Crippen LogP contribution is 2.04. The Labute approximate surface area is 61.2 Å². The summed E-state index contributed by atoms with van der Waals surface area (Å²) in [6.07, 6.45) is 1.19. The lowest BCUT2D eigenvalue weighted by molar-refractivity contribution is -0.119. The fourth-order valence-corrected chi connectivity index (χ4v) is 1.18. The van der Waals surface area contributed by atoms with Crippen molar-refractivity contribution in [2.24, 2.45) is 5.92 Å². The Bertz CT molecular complexity index is 119. The largest absolute Gasteiger partial charge is 0.356 e. The Hall–Kier alpha value is -0.570. The van der Waals surface area contributed by atoms with E-state index >= 15 is 0 Å². The molecule has 3 nitrogen and oxygen atoms in total. The van der Waals surface area contributed by atoms with Crippen LogP contribution in [0, 0.1) is 5.92 Å². The summed E-state index contributed by atoms with van der Waals surface area (Å²) < 4.78 is 0. The van der Waals surface area contributed by atoms with Gasteiger partial charge >= 0.3 is 0 Å². The molecule has 58 valence electrons. The molecule has 1 heterocycles. The minimum atomic E-state index is 0.0758. The summed E-state index contributed by atoms with van der Waals surface area (Å²) in [5, 5.41) is 6.05. The number of nitrogens with one attached hydrogen (secondary N) is 2. The quantitative estimate of drug-likeness (QED) is 0.557. The van der Waals surface area contributed by atoms with Crippen LogP contribution in [0.15, 0.2) is 0 Å². The van der Waals surface area contributed by atoms with Gasteiger partial charge in [-0.15, -0.1) is 0 Å². The minimum Gasteiger partial charge on any atom is -0.356 e. The number of hydrogen-bond acceptors (Lipinski definition) is 2. The number of carbonyl (C=O) groups excluding carboxylic acids is 1. The third-order valence-corrected chi connectivity index (χ3v) is 1.80. The third kappa shape index (κ3) is 2.35. The molecule has 0 aromatic rings. The van der Waals surface area contributed by atoms with Gasteiger partial charge in [-0.3, -0.25) is 4.79 Å². The first-order valence-corrected chi connectivity index (χ1v) is 3.74. The van der Waals surface area contributed by atoms with Gasteiger partial charge in [0.1, 0.15) is 0 Å². The number of carbonyl (C=O) groups is 1. The Morgan fingerprint density at radius 3 is 3.10 bits per heavy atom. The highest BCUT2D eigenvalue weighted by Gasteiger charge is 2.13. The zero-order chi connectivity index (χ0) is 7.40. The molecule has 0 unspecified atom stereocenters. The van der Waals surface area contributed by atoms with E-state index in [0.717, 1.165) is 19.6 Å². The van der Waals surface area contributed by atoms with Crippen LogP contribution in [0.1, 0.15) is 13.3 Å². The van der Waals surface area contributed by atoms with Crippen molar-refractivity contribution >= 4 is 5.91 Å². The van der Waals surface area contributed by atoms with Gasteiger partial charge in [0.2, 0.25) is 5.91 Å². The van der Waals surface area contributed by atoms with Crippen molar-refractivity contribution in [1.29, 1.82) is 0 Å². The van der Waals surface area contributed by atoms with Crippen LogP contribution in [0.25, 0.3) is 0 Å². The molecule has 0 bridgehead atoms. The second-order valence-corrected chi connectivity index (χ2v) is 2.80. The van der Waals surface area contributed by atoms with E-state index in [2.05, 4.69) is 10.6 Å². The molecule has 2 N–H and O–H groups in total. The standard InChI is InChI=1S/C7H14N2O/c1-6(10)9-5-7-2-3-8-4-7/h7-8H,2-5H2,1H3,(H,9,10)/t7-/m1/s1. The van der Waals surface area contributed by atoms with Crippen molar-refractivity contribution in [2.45, 2.75) is 13.3 Å². The topological polar surface area (TPSA) is 41.1 Å². The van der Waals surface area contributed by atoms with Crippen LogP contribution < -0.4 is 10.6 Å². The van der Waals surface area contributed by atoms with Crippen LogP contribution in [0.3, 0.4) is 0 Å². The van der Waals surface area contributed by atoms with Crippen LogP contribution in [0.5, 0.6) is 0 Å². The summed E-state index contributed by atoms with van der Waals surface area (Å²) in [7, 11) is 0. The Morgan fingerprint density at radius 2 is 2.60 bits per heavy atom. The fourth-order valence-electron chi connectivity index (χ4n) is 1.18. The maximum absolute atomic E-state index is 10.5. The molecule has 1 amide bonds. The molecule has 10 heavy (non-hydrogen) atoms. The van der Waals surface area contributed by atoms with Crippen molar-refractivity contribution in [1.82, 2.24) is 10.6 Å². The number of hydrogen-bond donors (Lipinski definition) is 2. The molecule has 0 spiro atoms. The van der Waals surface area contributed by atoms with Crippen LogP contribution in [-0.4, -0.2) is 25.5 Å². The molecule has 1 fully saturated rings. The maximum Gasteiger partial charge on any atom is 0.216 e. The molecule has 0 aliphatic carbocycles. The summed E-state index contributed by atoms with van der Waals surface area (Å²) in [5.41, 5.74) is 0. The SMILES string of the molecule is CC(=O)NC[C@@H]1CCNC1. The molecule has 0 saturated carbocycles. The molecular weight excluding hydrogens is 128 g/mol. The maximum atomic E-state index is 10.5. The van der Waals surface area contributed by atoms with E-state index in [1.807, 2.05) is 0 Å². The summed E-state index contributed by atoms with van der Waals surface area (Å²) in [5.74, 6) is 0.732. The molecule has 1 atom stereocenters. The van der Waals surface area contributed by atoms with E-state index in [1.54, 1.807) is 6.92 Å². The van der Waals surface area contributed by atoms with Crippen LogP contribution in [-0.2, 0) is 4.79 Å². The van der Waals surface area contributed by atoms with Gasteiger partial charge in [0.25, 0.3) is 0 Å². The van der Waals surface area contributed by atoms with E-state index in [9.17, 15) is 4.79 Å². The molecule has 1 rings (SSSR count). The van der Waals surface area contributed by atoms with Crippen LogP contribution in [0.2, 0.25) is 0 Å². The third-order valence-electron chi connectivity index (χ3n) is 1.80. The van der Waals surface area contributed by atoms with Gasteiger partial charge in [0.05, 0.1) is 0 Å². The van der Waals surface area contributed by atoms with E-state index in [1.165, 1.54) is 6.42 Å². The molecule has 0 aromatic heterocycles. The number of amides is 1. The zero-order valence-electron chi connectivity index (χ0n) is 6.31. The molecule has 1 saturated heterocycles. The average molecular weight is 142 g/mol. The second-order valence-electron chi connectivity index (χ2n) is 2.80. The van der Waals surface area contributed by atoms with Crippen LogP contribution in [0.4, 0.5) is 0 Å². The average Bonchev–Trinajstić information content (AvgIpc) is 2.34. The lowest BCUT2D eigenvalue weighted by atomic mass is 10.1. The summed E-state index contributed by atoms with van der Waals surface area (Å²) >= 11 is 0. The molecule has 1 aliphatic heterocycles. The van der Waals surface area contributed by atoms with Gasteiger partial charge in [0.15, 0.2) is 0 Å². The van der Waals surface area contributed by atoms with Gasteiger partial charge in [-0.2, -0.15) is 0 Å². The van der Waals surface area contributed by atoms with E-state index in [4.69, 9.17) is 0 Å². The summed E-state index contributed by atoms with van der Waals surface area (Å²) in [6, 6.07) is 0. The molecule has 0 aromatic carbocycles. The summed E-state index contributed by atoms with van der Waals surface area (Å²) in [4.78, 5) is 10.5. The van der Waals surface area contributed by atoms with Gasteiger partial charge in [0, 0.05) is 13.5 Å². The van der Waals surface area contributed by atoms with Gasteiger partial charge in [-0.05, 0) is 25.4 Å². The van der Waals surface area contributed by atoms with Crippen molar-refractivity contribution in [3.05, 3.63) is 0 Å². The monoisotopic (exact) mass is 142 g/mol. The van der Waals surface area contributed by atoms with E-state index in [-0.39, 0.29) is 5.91 Å². The predicted molar refractivity (Wildman–Crippen MR) is 39.7 cm³/mol. The highest BCUT2D eigenvalue weighted by atomic mass is 16.1. The normalized spacial score (nSPS) is 24.7. The summed E-state index contributed by atoms with van der Waals surface area (Å²) in [6.45, 7) is 4.55. The Morgan fingerprint density at radius 1 is 1.80 bits per heavy atom. The molecule has 0 radical (unpaired) electrons. The molecule has 1 aliphatic rings. The Kier molecular flexibility index (Phi) is 2.68. The first-order valence-electron chi connectivity index (χ1n) is 3.74. The van der Waals surface area contributed by atoms with Crippen molar-refractivity contribution in [3.8, 4) is 0 Å². The highest BCUT2D eigenvalue weighted by molar-refractivity contribution is 5.72. The first kappa shape index (κ1) is 7.54. The lowest BCUT2D eigenvalue weighted by Crippen LogP contribution is -2.27. The minimum absolute atomic E-state index is 0.0758. The first-order chi connectivity index (χ1) is 4.79. The number of rotatable bonds is 2. The fraction of sp³-hybridized carbons (Fsp3) is 0.857. The molecular formula is C7H14N2O. The Balaban J connectivity index is 2.07. The van der Waals surface area contributed by atoms with Gasteiger partial charge in [-0.1, -0.05) is 0 Å². The van der Waals surface area contributed by atoms with Crippen molar-refractivity contribution in [3.63, 3.8) is 0 Å². The van der Waals surface area contributed by atoms with Crippen molar-refractivity contribution in [2.75, 3.05) is 19.6 Å². The predicted octanol–water partition coefficient (Wildman–Crippen LogP) is -0.268. The van der Waals surface area contributed by atoms with Crippen LogP contribution >= 0.6 is 0 Å². The van der Waals surface area contributed by atoms with Crippen molar-refractivity contribution < 1.29 is 4.79 Å². The van der Waals surface area contributed by atoms with E-state index < -0.39 is 0 Å². The lowest BCUT2D eigenvalue weighted by Gasteiger charge is -2.06. The van der Waals surface area contributed by atoms with Gasteiger partial charge < -0.3 is 10.6 Å².